The van der Waals surface area contributed by atoms with Crippen LogP contribution in [0.25, 0.3) is 16.8 Å². The molecule has 4 aromatic rings. The fourth-order valence-electron chi connectivity index (χ4n) is 3.28. The van der Waals surface area contributed by atoms with Gasteiger partial charge in [0.05, 0.1) is 12.8 Å². The van der Waals surface area contributed by atoms with Gasteiger partial charge in [0.1, 0.15) is 24.1 Å². The molecule has 4 rings (SSSR count). The Bertz CT molecular complexity index is 1280. The molecule has 0 atom stereocenters. The maximum Gasteiger partial charge on any atom is 0.293 e. The van der Waals surface area contributed by atoms with Crippen LogP contribution in [0.5, 0.6) is 5.75 Å². The summed E-state index contributed by atoms with van der Waals surface area (Å²) in [7, 11) is 1.60. The van der Waals surface area contributed by atoms with Crippen LogP contribution < -0.4 is 15.6 Å². The highest BCUT2D eigenvalue weighted by molar-refractivity contribution is 7.98. The maximum absolute atomic E-state index is 12.8. The number of methoxy groups -OCH3 is 1. The third-order valence-corrected chi connectivity index (χ3v) is 5.81. The number of thioether (sulfide) groups is 1. The molecule has 1 N–H and O–H groups in total. The molecule has 0 aliphatic rings. The first-order valence-electron chi connectivity index (χ1n) is 10.1. The van der Waals surface area contributed by atoms with Crippen LogP contribution in [0.1, 0.15) is 5.56 Å². The zero-order valence-electron chi connectivity index (χ0n) is 17.8. The van der Waals surface area contributed by atoms with Crippen molar-refractivity contribution in [1.29, 1.82) is 0 Å². The van der Waals surface area contributed by atoms with Crippen molar-refractivity contribution in [1.82, 2.24) is 24.7 Å². The summed E-state index contributed by atoms with van der Waals surface area (Å²) in [6.45, 7) is 0.340. The molecule has 32 heavy (non-hydrogen) atoms. The van der Waals surface area contributed by atoms with E-state index in [9.17, 15) is 9.59 Å². The molecule has 0 fully saturated rings. The topological polar surface area (TPSA) is 90.5 Å². The summed E-state index contributed by atoms with van der Waals surface area (Å²) in [5.74, 6) is 0.476. The average Bonchev–Trinajstić information content (AvgIpc) is 3.27. The molecule has 164 valence electrons. The molecule has 0 saturated heterocycles. The molecule has 0 aliphatic carbocycles. The molecule has 8 nitrogen and oxygen atoms in total. The lowest BCUT2D eigenvalue weighted by molar-refractivity contribution is -0.121. The quantitative estimate of drug-likeness (QED) is 0.416. The van der Waals surface area contributed by atoms with Gasteiger partial charge >= 0.3 is 0 Å². The zero-order valence-corrected chi connectivity index (χ0v) is 18.6. The molecule has 0 aliphatic heterocycles. The number of hydrogen-bond acceptors (Lipinski definition) is 6. The molecule has 0 bridgehead atoms. The van der Waals surface area contributed by atoms with Crippen LogP contribution in [0, 0.1) is 0 Å². The fourth-order valence-corrected chi connectivity index (χ4v) is 3.69. The molecule has 1 amide bonds. The van der Waals surface area contributed by atoms with Gasteiger partial charge in [-0.25, -0.2) is 9.20 Å². The molecule has 0 unspecified atom stereocenters. The van der Waals surface area contributed by atoms with Crippen LogP contribution in [0.2, 0.25) is 0 Å². The van der Waals surface area contributed by atoms with Crippen molar-refractivity contribution in [2.24, 2.45) is 0 Å². The Morgan fingerprint density at radius 1 is 1.12 bits per heavy atom. The number of benzene rings is 2. The lowest BCUT2D eigenvalue weighted by Crippen LogP contribution is -2.35. The van der Waals surface area contributed by atoms with E-state index in [0.29, 0.717) is 17.8 Å². The van der Waals surface area contributed by atoms with Crippen LogP contribution in [-0.2, 0) is 17.8 Å². The molecule has 2 aromatic carbocycles. The second-order valence-electron chi connectivity index (χ2n) is 7.13. The SMILES string of the molecule is COc1ccc(-c2cc3c(=O)n(CC(=O)NCCc4ccc(SC)cc4)ncn3n2)cc1. The normalized spacial score (nSPS) is 10.9. The molecular formula is C23H23N5O3S. The highest BCUT2D eigenvalue weighted by Crippen LogP contribution is 2.21. The van der Waals surface area contributed by atoms with E-state index in [2.05, 4.69) is 39.8 Å². The number of amides is 1. The Labute approximate surface area is 189 Å². The lowest BCUT2D eigenvalue weighted by Gasteiger charge is -2.07. The summed E-state index contributed by atoms with van der Waals surface area (Å²) in [6.07, 6.45) is 4.19. The van der Waals surface area contributed by atoms with E-state index in [4.69, 9.17) is 4.74 Å². The van der Waals surface area contributed by atoms with Gasteiger partial charge in [0.2, 0.25) is 5.91 Å². The Hall–Kier alpha value is -3.59. The number of ether oxygens (including phenoxy) is 1. The molecule has 2 aromatic heterocycles. The minimum atomic E-state index is -0.373. The first-order valence-corrected chi connectivity index (χ1v) is 11.3. The number of fused-ring (bicyclic) bond motifs is 1. The van der Waals surface area contributed by atoms with E-state index >= 15 is 0 Å². The highest BCUT2D eigenvalue weighted by Gasteiger charge is 2.12. The molecule has 2 heterocycles. The van der Waals surface area contributed by atoms with Gasteiger partial charge in [0, 0.05) is 17.0 Å². The standard InChI is InChI=1S/C23H23N5O3S/c1-31-18-7-5-17(6-8-18)20-13-21-23(30)27(25-15-28(21)26-20)14-22(29)24-12-11-16-3-9-19(32-2)10-4-16/h3-10,13,15H,11-12,14H2,1-2H3,(H,24,29). The molecular weight excluding hydrogens is 426 g/mol. The second-order valence-corrected chi connectivity index (χ2v) is 8.01. The highest BCUT2D eigenvalue weighted by atomic mass is 32.2. The van der Waals surface area contributed by atoms with Gasteiger partial charge < -0.3 is 10.1 Å². The van der Waals surface area contributed by atoms with Crippen molar-refractivity contribution in [3.63, 3.8) is 0 Å². The van der Waals surface area contributed by atoms with Gasteiger partial charge in [-0.2, -0.15) is 10.2 Å². The number of carbonyl (C=O) groups excluding carboxylic acids is 1. The summed E-state index contributed by atoms with van der Waals surface area (Å²) >= 11 is 1.69. The van der Waals surface area contributed by atoms with Crippen LogP contribution >= 0.6 is 11.8 Å². The van der Waals surface area contributed by atoms with Crippen LogP contribution in [-0.4, -0.2) is 45.2 Å². The minimum absolute atomic E-state index is 0.149. The van der Waals surface area contributed by atoms with E-state index < -0.39 is 0 Å². The van der Waals surface area contributed by atoms with Crippen molar-refractivity contribution in [2.45, 2.75) is 17.9 Å². The third-order valence-electron chi connectivity index (χ3n) is 5.06. The van der Waals surface area contributed by atoms with E-state index in [-0.39, 0.29) is 18.0 Å². The Morgan fingerprint density at radius 3 is 2.56 bits per heavy atom. The van der Waals surface area contributed by atoms with Crippen molar-refractivity contribution < 1.29 is 9.53 Å². The van der Waals surface area contributed by atoms with Crippen LogP contribution in [0.15, 0.2) is 70.6 Å². The zero-order chi connectivity index (χ0) is 22.5. The van der Waals surface area contributed by atoms with Crippen molar-refractivity contribution in [3.05, 3.63) is 76.8 Å². The minimum Gasteiger partial charge on any atom is -0.497 e. The van der Waals surface area contributed by atoms with Gasteiger partial charge in [-0.3, -0.25) is 9.59 Å². The first kappa shape index (κ1) is 21.6. The number of nitrogens with one attached hydrogen (secondary N) is 1. The third kappa shape index (κ3) is 4.83. The van der Waals surface area contributed by atoms with E-state index in [1.165, 1.54) is 15.7 Å². The van der Waals surface area contributed by atoms with Gasteiger partial charge in [-0.15, -0.1) is 11.8 Å². The smallest absolute Gasteiger partial charge is 0.293 e. The predicted molar refractivity (Wildman–Crippen MR) is 124 cm³/mol. The van der Waals surface area contributed by atoms with E-state index in [1.807, 2.05) is 30.5 Å². The molecule has 0 radical (unpaired) electrons. The number of hydrogen-bond donors (Lipinski definition) is 1. The monoisotopic (exact) mass is 449 g/mol. The van der Waals surface area contributed by atoms with Crippen molar-refractivity contribution in [3.8, 4) is 17.0 Å². The molecule has 9 heteroatoms. The Kier molecular flexibility index (Phi) is 6.55. The summed E-state index contributed by atoms with van der Waals surface area (Å²) in [6, 6.07) is 17.3. The lowest BCUT2D eigenvalue weighted by atomic mass is 10.1. The summed E-state index contributed by atoms with van der Waals surface area (Å²) < 4.78 is 7.75. The van der Waals surface area contributed by atoms with Crippen LogP contribution in [0.3, 0.4) is 0 Å². The fraction of sp³-hybridized carbons (Fsp3) is 0.217. The van der Waals surface area contributed by atoms with Gasteiger partial charge in [0.15, 0.2) is 0 Å². The van der Waals surface area contributed by atoms with E-state index in [0.717, 1.165) is 28.0 Å². The molecule has 0 spiro atoms. The summed E-state index contributed by atoms with van der Waals surface area (Å²) in [5.41, 5.74) is 2.62. The summed E-state index contributed by atoms with van der Waals surface area (Å²) in [4.78, 5) is 26.3. The molecule has 0 saturated carbocycles. The van der Waals surface area contributed by atoms with Crippen LogP contribution in [0.4, 0.5) is 0 Å². The first-order chi connectivity index (χ1) is 15.6. The number of nitrogens with zero attached hydrogens (tertiary/aromatic N) is 4. The Balaban J connectivity index is 1.41. The number of rotatable bonds is 8. The van der Waals surface area contributed by atoms with Crippen molar-refractivity contribution in [2.75, 3.05) is 19.9 Å². The van der Waals surface area contributed by atoms with Crippen molar-refractivity contribution >= 4 is 23.2 Å². The number of aromatic nitrogens is 4. The predicted octanol–water partition coefficient (Wildman–Crippen LogP) is 2.65. The summed E-state index contributed by atoms with van der Waals surface area (Å²) in [5, 5.41) is 11.3. The van der Waals surface area contributed by atoms with Gasteiger partial charge in [-0.05, 0) is 60.7 Å². The van der Waals surface area contributed by atoms with E-state index in [1.54, 1.807) is 24.9 Å². The maximum atomic E-state index is 12.8. The number of carbonyl (C=O) groups is 1. The second kappa shape index (κ2) is 9.69. The largest absolute Gasteiger partial charge is 0.497 e. The van der Waals surface area contributed by atoms with Gasteiger partial charge in [0.25, 0.3) is 5.56 Å². The Morgan fingerprint density at radius 2 is 1.88 bits per heavy atom. The average molecular weight is 450 g/mol. The van der Waals surface area contributed by atoms with Gasteiger partial charge in [-0.1, -0.05) is 12.1 Å².